The van der Waals surface area contributed by atoms with Crippen molar-refractivity contribution in [3.63, 3.8) is 0 Å². The molecule has 1 nitrogen and oxygen atoms in total. The fraction of sp³-hybridized carbons (Fsp3) is 1.00. The minimum absolute atomic E-state index is 1.06. The Hall–Kier alpha value is -0.0400. The van der Waals surface area contributed by atoms with Crippen LogP contribution in [0.15, 0.2) is 0 Å². The summed E-state index contributed by atoms with van der Waals surface area (Å²) in [5.41, 5.74) is 0. The number of hydrogen-bond donors (Lipinski definition) is 0. The lowest BCUT2D eigenvalue weighted by molar-refractivity contribution is -0.892. The Bertz CT molecular complexity index is 174. The van der Waals surface area contributed by atoms with Crippen molar-refractivity contribution in [3.05, 3.63) is 0 Å². The van der Waals surface area contributed by atoms with E-state index in [4.69, 9.17) is 0 Å². The Morgan fingerprint density at radius 3 is 2.23 bits per heavy atom. The van der Waals surface area contributed by atoms with E-state index in [1.165, 1.54) is 56.1 Å². The lowest BCUT2D eigenvalue weighted by Gasteiger charge is -2.35. The monoisotopic (exact) mass is 182 g/mol. The molecular formula is C12H24N+. The highest BCUT2D eigenvalue weighted by atomic mass is 15.3. The number of hydrogen-bond acceptors (Lipinski definition) is 0. The van der Waals surface area contributed by atoms with Crippen molar-refractivity contribution in [3.8, 4) is 0 Å². The maximum absolute atomic E-state index is 2.41. The lowest BCUT2D eigenvalue weighted by atomic mass is 9.77. The molecule has 2 fully saturated rings. The Morgan fingerprint density at radius 2 is 1.46 bits per heavy atom. The molecule has 1 aliphatic heterocycles. The summed E-state index contributed by atoms with van der Waals surface area (Å²) in [7, 11) is 4.83. The number of likely N-dealkylation sites (tertiary alicyclic amines) is 1. The molecule has 0 N–H and O–H groups in total. The predicted octanol–water partition coefficient (Wildman–Crippen LogP) is 2.66. The fourth-order valence-corrected chi connectivity index (χ4v) is 3.41. The van der Waals surface area contributed by atoms with Crippen molar-refractivity contribution < 1.29 is 4.48 Å². The Kier molecular flexibility index (Phi) is 2.64. The molecule has 2 unspecified atom stereocenters. The van der Waals surface area contributed by atoms with Crippen molar-refractivity contribution in [1.29, 1.82) is 0 Å². The van der Waals surface area contributed by atoms with E-state index >= 15 is 0 Å². The minimum atomic E-state index is 1.06. The molecule has 1 aliphatic carbocycles. The molecule has 1 saturated carbocycles. The summed E-state index contributed by atoms with van der Waals surface area (Å²) >= 11 is 0. The molecule has 0 spiro atoms. The van der Waals surface area contributed by atoms with Crippen molar-refractivity contribution in [2.45, 2.75) is 38.5 Å². The van der Waals surface area contributed by atoms with Crippen LogP contribution in [0.25, 0.3) is 0 Å². The van der Waals surface area contributed by atoms with Gasteiger partial charge in [-0.3, -0.25) is 0 Å². The molecule has 0 bridgehead atoms. The summed E-state index contributed by atoms with van der Waals surface area (Å²) in [6.07, 6.45) is 9.05. The summed E-state index contributed by atoms with van der Waals surface area (Å²) in [5, 5.41) is 0. The largest absolute Gasteiger partial charge is 0.328 e. The zero-order valence-electron chi connectivity index (χ0n) is 9.26. The van der Waals surface area contributed by atoms with Crippen molar-refractivity contribution >= 4 is 0 Å². The molecule has 13 heavy (non-hydrogen) atoms. The van der Waals surface area contributed by atoms with Crippen LogP contribution in [0.4, 0.5) is 0 Å². The van der Waals surface area contributed by atoms with E-state index in [-0.39, 0.29) is 0 Å². The minimum Gasteiger partial charge on any atom is -0.328 e. The van der Waals surface area contributed by atoms with Crippen LogP contribution < -0.4 is 0 Å². The van der Waals surface area contributed by atoms with Crippen molar-refractivity contribution in [2.24, 2.45) is 11.8 Å². The molecule has 0 aromatic carbocycles. The molecule has 2 atom stereocenters. The predicted molar refractivity (Wildman–Crippen MR) is 56.5 cm³/mol. The van der Waals surface area contributed by atoms with E-state index in [1.54, 1.807) is 0 Å². The zero-order chi connectivity index (χ0) is 9.31. The second-order valence-corrected chi connectivity index (χ2v) is 5.79. The lowest BCUT2D eigenvalue weighted by Crippen LogP contribution is -2.43. The maximum atomic E-state index is 2.41. The highest BCUT2D eigenvalue weighted by Gasteiger charge is 2.33. The van der Waals surface area contributed by atoms with Crippen molar-refractivity contribution in [1.82, 2.24) is 0 Å². The van der Waals surface area contributed by atoms with Gasteiger partial charge in [0.05, 0.1) is 27.2 Å². The van der Waals surface area contributed by atoms with Gasteiger partial charge in [0.15, 0.2) is 0 Å². The van der Waals surface area contributed by atoms with E-state index in [1.807, 2.05) is 0 Å². The van der Waals surface area contributed by atoms with E-state index in [0.717, 1.165) is 11.8 Å². The number of quaternary nitrogens is 1. The van der Waals surface area contributed by atoms with E-state index in [9.17, 15) is 0 Å². The van der Waals surface area contributed by atoms with Gasteiger partial charge in [-0.2, -0.15) is 0 Å². The second kappa shape index (κ2) is 3.61. The molecule has 1 saturated heterocycles. The highest BCUT2D eigenvalue weighted by molar-refractivity contribution is 4.77. The maximum Gasteiger partial charge on any atom is 0.0813 e. The SMILES string of the molecule is C[N+]1(C)CCCC2CCCCC2C1. The first-order chi connectivity index (χ1) is 6.17. The van der Waals surface area contributed by atoms with Gasteiger partial charge in [0.1, 0.15) is 0 Å². The molecule has 76 valence electrons. The molecule has 0 aromatic heterocycles. The molecular weight excluding hydrogens is 158 g/mol. The Morgan fingerprint density at radius 1 is 0.846 bits per heavy atom. The molecule has 0 radical (unpaired) electrons. The standard InChI is InChI=1S/C12H24N/c1-13(2)9-5-8-11-6-3-4-7-12(11)10-13/h11-12H,3-10H2,1-2H3/q+1. The van der Waals surface area contributed by atoms with Gasteiger partial charge in [0, 0.05) is 5.92 Å². The molecule has 2 rings (SSSR count). The van der Waals surface area contributed by atoms with Gasteiger partial charge >= 0.3 is 0 Å². The number of fused-ring (bicyclic) bond motifs is 1. The van der Waals surface area contributed by atoms with Gasteiger partial charge in [-0.25, -0.2) is 0 Å². The Balaban J connectivity index is 2.03. The number of rotatable bonds is 0. The number of nitrogens with zero attached hydrogens (tertiary/aromatic N) is 1. The third-order valence-electron chi connectivity index (χ3n) is 4.13. The first kappa shape index (κ1) is 9.51. The smallest absolute Gasteiger partial charge is 0.0813 e. The fourth-order valence-electron chi connectivity index (χ4n) is 3.41. The van der Waals surface area contributed by atoms with Gasteiger partial charge in [0.25, 0.3) is 0 Å². The summed E-state index contributed by atoms with van der Waals surface area (Å²) in [5.74, 6) is 2.15. The average Bonchev–Trinajstić information content (AvgIpc) is 2.21. The first-order valence-electron chi connectivity index (χ1n) is 5.99. The van der Waals surface area contributed by atoms with E-state index in [0.29, 0.717) is 0 Å². The van der Waals surface area contributed by atoms with Gasteiger partial charge in [-0.1, -0.05) is 12.8 Å². The van der Waals surface area contributed by atoms with Crippen LogP contribution in [0.1, 0.15) is 38.5 Å². The molecule has 2 aliphatic rings. The Labute approximate surface area is 82.7 Å². The van der Waals surface area contributed by atoms with Gasteiger partial charge in [0.2, 0.25) is 0 Å². The van der Waals surface area contributed by atoms with E-state index in [2.05, 4.69) is 14.1 Å². The molecule has 1 heterocycles. The van der Waals surface area contributed by atoms with Crippen LogP contribution in [-0.4, -0.2) is 31.7 Å². The highest BCUT2D eigenvalue weighted by Crippen LogP contribution is 2.36. The summed E-state index contributed by atoms with van der Waals surface area (Å²) in [6.45, 7) is 2.86. The zero-order valence-corrected chi connectivity index (χ0v) is 9.26. The van der Waals surface area contributed by atoms with Crippen LogP contribution >= 0.6 is 0 Å². The summed E-state index contributed by atoms with van der Waals surface area (Å²) in [6, 6.07) is 0. The van der Waals surface area contributed by atoms with E-state index < -0.39 is 0 Å². The quantitative estimate of drug-likeness (QED) is 0.505. The first-order valence-corrected chi connectivity index (χ1v) is 5.99. The van der Waals surface area contributed by atoms with Gasteiger partial charge in [-0.15, -0.1) is 0 Å². The van der Waals surface area contributed by atoms with Gasteiger partial charge in [-0.05, 0) is 31.6 Å². The molecule has 1 heteroatoms. The normalized spacial score (nSPS) is 39.2. The third-order valence-corrected chi connectivity index (χ3v) is 4.13. The van der Waals surface area contributed by atoms with Crippen LogP contribution in [0.5, 0.6) is 0 Å². The van der Waals surface area contributed by atoms with Crippen molar-refractivity contribution in [2.75, 3.05) is 27.2 Å². The molecule has 0 amide bonds. The van der Waals surface area contributed by atoms with Crippen LogP contribution in [-0.2, 0) is 0 Å². The average molecular weight is 182 g/mol. The summed E-state index contributed by atoms with van der Waals surface area (Å²) in [4.78, 5) is 0. The molecule has 0 aromatic rings. The summed E-state index contributed by atoms with van der Waals surface area (Å²) < 4.78 is 1.28. The van der Waals surface area contributed by atoms with Crippen LogP contribution in [0.2, 0.25) is 0 Å². The van der Waals surface area contributed by atoms with Crippen LogP contribution in [0, 0.1) is 11.8 Å². The second-order valence-electron chi connectivity index (χ2n) is 5.79. The van der Waals surface area contributed by atoms with Crippen LogP contribution in [0.3, 0.4) is 0 Å². The third kappa shape index (κ3) is 2.25. The van der Waals surface area contributed by atoms with Gasteiger partial charge < -0.3 is 4.48 Å². The topological polar surface area (TPSA) is 0 Å².